The number of allylic oxidation sites excluding steroid dienone is 1. The third-order valence-corrected chi connectivity index (χ3v) is 13.9. The van der Waals surface area contributed by atoms with Crippen molar-refractivity contribution in [2.45, 2.75) is 99.7 Å². The van der Waals surface area contributed by atoms with Crippen LogP contribution in [0.5, 0.6) is 0 Å². The highest BCUT2D eigenvalue weighted by atomic mass is 32.2. The molecule has 3 aliphatic heterocycles. The number of nitrogens with one attached hydrogen (secondary N) is 3. The van der Waals surface area contributed by atoms with Crippen molar-refractivity contribution < 1.29 is 36.7 Å². The van der Waals surface area contributed by atoms with Gasteiger partial charge < -0.3 is 25.2 Å². The smallest absolute Gasteiger partial charge is 0.410 e. The monoisotopic (exact) mass is 805 g/mol. The first kappa shape index (κ1) is 38.0. The van der Waals surface area contributed by atoms with Crippen LogP contribution >= 0.6 is 11.3 Å². The first-order chi connectivity index (χ1) is 27.0. The van der Waals surface area contributed by atoms with Crippen molar-refractivity contribution in [2.24, 2.45) is 5.92 Å². The predicted octanol–water partition coefficient (Wildman–Crippen LogP) is 4.29. The zero-order chi connectivity index (χ0) is 39.0. The highest BCUT2D eigenvalue weighted by Crippen LogP contribution is 2.46. The van der Waals surface area contributed by atoms with E-state index in [1.165, 1.54) is 33.9 Å². The highest BCUT2D eigenvalue weighted by Gasteiger charge is 2.62. The van der Waals surface area contributed by atoms with Crippen molar-refractivity contribution in [3.05, 3.63) is 77.1 Å². The maximum absolute atomic E-state index is 14.7. The fourth-order valence-corrected chi connectivity index (χ4v) is 9.97. The lowest BCUT2D eigenvalue weighted by molar-refractivity contribution is -0.140. The Hall–Kier alpha value is -4.90. The van der Waals surface area contributed by atoms with Gasteiger partial charge in [0.05, 0.1) is 23.7 Å². The molecule has 1 aromatic carbocycles. The molecule has 5 aliphatic rings. The molecule has 3 N–H and O–H groups in total. The largest absolute Gasteiger partial charge is 0.444 e. The van der Waals surface area contributed by atoms with Crippen LogP contribution in [0.3, 0.4) is 0 Å². The number of rotatable bonds is 7. The molecule has 3 aromatic rings. The molecule has 5 atom stereocenters. The van der Waals surface area contributed by atoms with Crippen molar-refractivity contribution in [3.63, 3.8) is 0 Å². The van der Waals surface area contributed by atoms with Gasteiger partial charge in [0.25, 0.3) is 5.91 Å². The first-order valence-electron chi connectivity index (χ1n) is 19.2. The Morgan fingerprint density at radius 2 is 1.86 bits per heavy atom. The molecule has 0 unspecified atom stereocenters. The molecule has 2 aromatic heterocycles. The molecule has 4 amide bonds. The molecule has 14 nitrogen and oxygen atoms in total. The van der Waals surface area contributed by atoms with Gasteiger partial charge in [0, 0.05) is 30.8 Å². The molecule has 8 rings (SSSR count). The second-order valence-corrected chi connectivity index (χ2v) is 18.1. The van der Waals surface area contributed by atoms with Crippen LogP contribution in [0.4, 0.5) is 14.3 Å². The summed E-state index contributed by atoms with van der Waals surface area (Å²) in [6, 6.07) is 8.78. The molecule has 296 valence electrons. The molecule has 0 bridgehead atoms. The maximum Gasteiger partial charge on any atom is 0.410 e. The number of nitrogens with zero attached hydrogens (tertiary/aromatic N) is 4. The van der Waals surface area contributed by atoms with Crippen LogP contribution in [0.2, 0.25) is 0 Å². The van der Waals surface area contributed by atoms with Crippen LogP contribution in [0.1, 0.15) is 68.9 Å². The van der Waals surface area contributed by atoms with E-state index in [4.69, 9.17) is 4.74 Å². The summed E-state index contributed by atoms with van der Waals surface area (Å²) in [5, 5.41) is 7.71. The van der Waals surface area contributed by atoms with E-state index in [1.54, 1.807) is 10.3 Å². The molecular formula is C39H44FN7O7S2. The van der Waals surface area contributed by atoms with Crippen molar-refractivity contribution in [3.8, 4) is 11.4 Å². The lowest BCUT2D eigenvalue weighted by Gasteiger charge is -2.30. The third kappa shape index (κ3) is 8.14. The van der Waals surface area contributed by atoms with Crippen LogP contribution in [0.25, 0.3) is 11.4 Å². The lowest BCUT2D eigenvalue weighted by atomic mass is 10.0. The summed E-state index contributed by atoms with van der Waals surface area (Å²) in [7, 11) is -3.90. The number of halogens is 1. The van der Waals surface area contributed by atoms with E-state index in [9.17, 15) is 32.0 Å². The van der Waals surface area contributed by atoms with Crippen LogP contribution in [-0.4, -0.2) is 94.1 Å². The summed E-state index contributed by atoms with van der Waals surface area (Å²) in [5.41, 5.74) is 1.66. The van der Waals surface area contributed by atoms with E-state index in [0.717, 1.165) is 24.6 Å². The zero-order valence-corrected chi connectivity index (χ0v) is 32.3. The van der Waals surface area contributed by atoms with E-state index in [-0.39, 0.29) is 19.4 Å². The van der Waals surface area contributed by atoms with Crippen LogP contribution in [0, 0.1) is 11.7 Å². The van der Waals surface area contributed by atoms with E-state index in [2.05, 4.69) is 25.3 Å². The molecular weight excluding hydrogens is 762 g/mol. The lowest BCUT2D eigenvalue weighted by Crippen LogP contribution is -2.57. The summed E-state index contributed by atoms with van der Waals surface area (Å²) >= 11 is 1.26. The number of carbonyl (C=O) groups excluding carboxylic acids is 4. The second-order valence-electron chi connectivity index (χ2n) is 15.3. The van der Waals surface area contributed by atoms with Gasteiger partial charge in [-0.2, -0.15) is 0 Å². The summed E-state index contributed by atoms with van der Waals surface area (Å²) in [4.78, 5) is 68.1. The Balaban J connectivity index is 1.05. The predicted molar refractivity (Wildman–Crippen MR) is 205 cm³/mol. The molecule has 0 radical (unpaired) electrons. The SMILES string of the molecule is O=C1N[C@@]2(C(=O)NS(=O)(=O)C3CC3)C[C@@H]2/C=C\CCCCC[C@H](Nc2nc(-c3ccc(F)cn3)cs2)C(=O)N2C[C@H](OC(=O)N3CCc4ccccc4C3)C[C@@H]12. The van der Waals surface area contributed by atoms with Gasteiger partial charge in [-0.1, -0.05) is 49.3 Å². The van der Waals surface area contributed by atoms with Crippen molar-refractivity contribution in [1.82, 2.24) is 29.8 Å². The van der Waals surface area contributed by atoms with Gasteiger partial charge >= 0.3 is 6.09 Å². The summed E-state index contributed by atoms with van der Waals surface area (Å²) in [6.07, 6.45) is 8.77. The van der Waals surface area contributed by atoms with Crippen LogP contribution in [0.15, 0.2) is 60.1 Å². The standard InChI is InChI=1S/C39H44FN7O7S2/c40-27-12-15-30(41-20-27)32-23-55-37(43-32)42-31-11-5-3-1-2-4-10-26-19-39(26,36(50)45-56(52,53)29-13-14-29)44-34(48)33-18-28(22-47(33)35(31)49)54-38(51)46-17-16-24-8-6-7-9-25(24)21-46/h4,6-10,12,15,20,23,26,28-29,31,33H,1-3,5,11,13-14,16-19,21-22H2,(H,42,43)(H,44,48)(H,45,50)/b10-4-/t26-,28+,31-,33-,39-/m0/s1. The maximum atomic E-state index is 14.7. The number of sulfonamides is 1. The minimum absolute atomic E-state index is 0.0172. The highest BCUT2D eigenvalue weighted by molar-refractivity contribution is 7.91. The van der Waals surface area contributed by atoms with Gasteiger partial charge in [-0.15, -0.1) is 11.3 Å². The number of benzene rings is 1. The number of fused-ring (bicyclic) bond motifs is 3. The molecule has 1 saturated heterocycles. The van der Waals surface area contributed by atoms with Crippen LogP contribution < -0.4 is 15.4 Å². The Morgan fingerprint density at radius 3 is 2.64 bits per heavy atom. The number of hydrogen-bond donors (Lipinski definition) is 3. The summed E-state index contributed by atoms with van der Waals surface area (Å²) in [6.45, 7) is 0.771. The van der Waals surface area contributed by atoms with Gasteiger partial charge in [-0.25, -0.2) is 22.6 Å². The molecule has 17 heteroatoms. The van der Waals surface area contributed by atoms with Gasteiger partial charge in [-0.05, 0) is 68.2 Å². The molecule has 3 fully saturated rings. The number of amides is 4. The molecule has 5 heterocycles. The number of hydrogen-bond acceptors (Lipinski definition) is 11. The van der Waals surface area contributed by atoms with E-state index in [0.29, 0.717) is 68.1 Å². The number of ether oxygens (including phenoxy) is 1. The number of thiazole rings is 1. The van der Waals surface area contributed by atoms with Crippen molar-refractivity contribution >= 4 is 50.3 Å². The summed E-state index contributed by atoms with van der Waals surface area (Å²) in [5.74, 6) is -2.74. The van der Waals surface area contributed by atoms with Crippen molar-refractivity contribution in [2.75, 3.05) is 18.4 Å². The number of aromatic nitrogens is 2. The van der Waals surface area contributed by atoms with E-state index < -0.39 is 74.5 Å². The molecule has 2 saturated carbocycles. The number of pyridine rings is 1. The Labute approximate surface area is 328 Å². The Kier molecular flexibility index (Phi) is 10.6. The second kappa shape index (κ2) is 15.6. The quantitative estimate of drug-likeness (QED) is 0.292. The number of carbonyl (C=O) groups is 4. The fourth-order valence-electron chi connectivity index (χ4n) is 7.85. The Bertz CT molecular complexity index is 2140. The van der Waals surface area contributed by atoms with Gasteiger partial charge in [0.15, 0.2) is 5.13 Å². The zero-order valence-electron chi connectivity index (χ0n) is 30.7. The van der Waals surface area contributed by atoms with Gasteiger partial charge in [-0.3, -0.25) is 24.1 Å². The van der Waals surface area contributed by atoms with Gasteiger partial charge in [0.1, 0.15) is 35.2 Å². The minimum atomic E-state index is -3.90. The fraction of sp³-hybridized carbons (Fsp3) is 0.487. The molecule has 2 aliphatic carbocycles. The van der Waals surface area contributed by atoms with Crippen molar-refractivity contribution in [1.29, 1.82) is 0 Å². The first-order valence-corrected chi connectivity index (χ1v) is 21.6. The Morgan fingerprint density at radius 1 is 1.04 bits per heavy atom. The van der Waals surface area contributed by atoms with Crippen LogP contribution in [-0.2, 0) is 42.1 Å². The topological polar surface area (TPSA) is 180 Å². The third-order valence-electron chi connectivity index (χ3n) is 11.3. The minimum Gasteiger partial charge on any atom is -0.444 e. The normalized spacial score (nSPS) is 27.4. The molecule has 0 spiro atoms. The van der Waals surface area contributed by atoms with E-state index in [1.807, 2.05) is 36.4 Å². The average Bonchev–Trinajstić information content (AvgIpc) is 4.07. The average molecular weight is 806 g/mol. The van der Waals surface area contributed by atoms with E-state index >= 15 is 0 Å². The summed E-state index contributed by atoms with van der Waals surface area (Å²) < 4.78 is 47.5. The molecule has 56 heavy (non-hydrogen) atoms. The number of anilines is 1. The van der Waals surface area contributed by atoms with Gasteiger partial charge in [0.2, 0.25) is 21.8 Å².